The SMILES string of the molecule is Cc1cc(CNC(=O)c2c[nH]c3ccc(-c4ccc5nc(NC(=O)C6CC6)sc5c4)cc23)cc(C(F)(F)F)c1. The summed E-state index contributed by atoms with van der Waals surface area (Å²) < 4.78 is 40.5. The number of hydrogen-bond acceptors (Lipinski definition) is 4. The van der Waals surface area contributed by atoms with Crippen molar-refractivity contribution in [2.24, 2.45) is 5.92 Å². The first kappa shape index (κ1) is 25.1. The molecule has 1 saturated carbocycles. The molecule has 10 heteroatoms. The Balaban J connectivity index is 1.23. The minimum absolute atomic E-state index is 0.0150. The second kappa shape index (κ2) is 9.53. The largest absolute Gasteiger partial charge is 0.416 e. The third kappa shape index (κ3) is 5.24. The number of alkyl halides is 3. The van der Waals surface area contributed by atoms with Crippen LogP contribution in [0.15, 0.2) is 60.8 Å². The van der Waals surface area contributed by atoms with Crippen LogP contribution in [0, 0.1) is 12.8 Å². The van der Waals surface area contributed by atoms with Crippen molar-refractivity contribution >= 4 is 49.4 Å². The summed E-state index contributed by atoms with van der Waals surface area (Å²) in [7, 11) is 0. The first-order valence-electron chi connectivity index (χ1n) is 12.4. The molecule has 6 nitrogen and oxygen atoms in total. The number of amides is 2. The van der Waals surface area contributed by atoms with Crippen LogP contribution in [0.2, 0.25) is 0 Å². The predicted molar refractivity (Wildman–Crippen MR) is 146 cm³/mol. The highest BCUT2D eigenvalue weighted by Gasteiger charge is 2.31. The molecule has 6 rings (SSSR count). The van der Waals surface area contributed by atoms with E-state index >= 15 is 0 Å². The lowest BCUT2D eigenvalue weighted by atomic mass is 10.0. The van der Waals surface area contributed by atoms with E-state index in [1.54, 1.807) is 19.2 Å². The molecule has 39 heavy (non-hydrogen) atoms. The van der Waals surface area contributed by atoms with E-state index in [0.717, 1.165) is 51.8 Å². The smallest absolute Gasteiger partial charge is 0.360 e. The van der Waals surface area contributed by atoms with E-state index < -0.39 is 11.7 Å². The van der Waals surface area contributed by atoms with Crippen molar-refractivity contribution < 1.29 is 22.8 Å². The highest BCUT2D eigenvalue weighted by Crippen LogP contribution is 2.35. The van der Waals surface area contributed by atoms with Crippen molar-refractivity contribution in [1.29, 1.82) is 0 Å². The van der Waals surface area contributed by atoms with Crippen molar-refractivity contribution in [3.8, 4) is 11.1 Å². The molecule has 3 aromatic carbocycles. The number of carbonyl (C=O) groups excluding carboxylic acids is 2. The zero-order valence-corrected chi connectivity index (χ0v) is 21.6. The molecule has 2 aromatic heterocycles. The number of nitrogens with zero attached hydrogens (tertiary/aromatic N) is 1. The number of carbonyl (C=O) groups is 2. The van der Waals surface area contributed by atoms with Gasteiger partial charge in [0.2, 0.25) is 5.91 Å². The summed E-state index contributed by atoms with van der Waals surface area (Å²) in [6.07, 6.45) is -1.00. The third-order valence-electron chi connectivity index (χ3n) is 6.74. The molecule has 0 radical (unpaired) electrons. The second-order valence-corrected chi connectivity index (χ2v) is 10.8. The molecule has 198 valence electrons. The molecule has 1 aliphatic rings. The lowest BCUT2D eigenvalue weighted by Gasteiger charge is -2.11. The zero-order chi connectivity index (χ0) is 27.3. The Kier molecular flexibility index (Phi) is 6.14. The number of aromatic amines is 1. The van der Waals surface area contributed by atoms with Crippen LogP contribution in [0.1, 0.15) is 39.9 Å². The number of nitrogens with one attached hydrogen (secondary N) is 3. The molecule has 0 aliphatic heterocycles. The van der Waals surface area contributed by atoms with Crippen LogP contribution >= 0.6 is 11.3 Å². The van der Waals surface area contributed by atoms with Gasteiger partial charge in [0.25, 0.3) is 5.91 Å². The van der Waals surface area contributed by atoms with Gasteiger partial charge in [-0.15, -0.1) is 0 Å². The summed E-state index contributed by atoms with van der Waals surface area (Å²) >= 11 is 1.42. The van der Waals surface area contributed by atoms with Crippen LogP contribution in [0.5, 0.6) is 0 Å². The van der Waals surface area contributed by atoms with Gasteiger partial charge in [-0.1, -0.05) is 35.1 Å². The number of fused-ring (bicyclic) bond motifs is 2. The Labute approximate surface area is 225 Å². The molecule has 0 unspecified atom stereocenters. The topological polar surface area (TPSA) is 86.9 Å². The summed E-state index contributed by atoms with van der Waals surface area (Å²) in [4.78, 5) is 32.7. The Morgan fingerprint density at radius 3 is 2.59 bits per heavy atom. The van der Waals surface area contributed by atoms with E-state index in [2.05, 4.69) is 20.6 Å². The summed E-state index contributed by atoms with van der Waals surface area (Å²) in [5.74, 6) is -0.273. The number of thiazole rings is 1. The van der Waals surface area contributed by atoms with Crippen LogP contribution in [0.4, 0.5) is 18.3 Å². The van der Waals surface area contributed by atoms with Gasteiger partial charge in [-0.3, -0.25) is 9.59 Å². The average molecular weight is 549 g/mol. The number of aryl methyl sites for hydroxylation is 1. The molecule has 2 heterocycles. The van der Waals surface area contributed by atoms with Crippen molar-refractivity contribution in [1.82, 2.24) is 15.3 Å². The van der Waals surface area contributed by atoms with Gasteiger partial charge in [-0.2, -0.15) is 13.2 Å². The molecule has 0 atom stereocenters. The van der Waals surface area contributed by atoms with Crippen LogP contribution in [-0.2, 0) is 17.5 Å². The first-order valence-corrected chi connectivity index (χ1v) is 13.2. The van der Waals surface area contributed by atoms with Crippen molar-refractivity contribution in [3.63, 3.8) is 0 Å². The minimum atomic E-state index is -4.45. The fraction of sp³-hybridized carbons (Fsp3) is 0.207. The molecule has 0 saturated heterocycles. The number of rotatable bonds is 6. The lowest BCUT2D eigenvalue weighted by Crippen LogP contribution is -2.23. The fourth-order valence-corrected chi connectivity index (χ4v) is 5.51. The van der Waals surface area contributed by atoms with E-state index in [1.165, 1.54) is 11.3 Å². The van der Waals surface area contributed by atoms with Gasteiger partial charge in [-0.05, 0) is 72.9 Å². The Hall–Kier alpha value is -4.18. The van der Waals surface area contributed by atoms with E-state index in [-0.39, 0.29) is 24.3 Å². The number of benzene rings is 3. The maximum absolute atomic E-state index is 13.2. The predicted octanol–water partition coefficient (Wildman–Crippen LogP) is 7.05. The molecule has 1 aliphatic carbocycles. The maximum Gasteiger partial charge on any atom is 0.416 e. The zero-order valence-electron chi connectivity index (χ0n) is 20.8. The van der Waals surface area contributed by atoms with E-state index in [9.17, 15) is 22.8 Å². The van der Waals surface area contributed by atoms with Crippen LogP contribution < -0.4 is 10.6 Å². The van der Waals surface area contributed by atoms with E-state index in [0.29, 0.717) is 27.2 Å². The van der Waals surface area contributed by atoms with Crippen LogP contribution in [-0.4, -0.2) is 21.8 Å². The molecule has 0 bridgehead atoms. The summed E-state index contributed by atoms with van der Waals surface area (Å²) in [6.45, 7) is 1.56. The Morgan fingerprint density at radius 2 is 1.82 bits per heavy atom. The Bertz CT molecular complexity index is 1750. The normalized spacial score (nSPS) is 13.6. The molecule has 0 spiro atoms. The highest BCUT2D eigenvalue weighted by atomic mass is 32.1. The number of anilines is 1. The summed E-state index contributed by atoms with van der Waals surface area (Å²) in [6, 6.07) is 15.4. The van der Waals surface area contributed by atoms with E-state index in [4.69, 9.17) is 0 Å². The lowest BCUT2D eigenvalue weighted by molar-refractivity contribution is -0.137. The van der Waals surface area contributed by atoms with Crippen molar-refractivity contribution in [2.45, 2.75) is 32.5 Å². The minimum Gasteiger partial charge on any atom is -0.360 e. The fourth-order valence-electron chi connectivity index (χ4n) is 4.60. The summed E-state index contributed by atoms with van der Waals surface area (Å²) in [5.41, 5.74) is 3.90. The van der Waals surface area contributed by atoms with E-state index in [1.807, 2.05) is 36.4 Å². The average Bonchev–Trinajstić information content (AvgIpc) is 3.54. The monoisotopic (exact) mass is 548 g/mol. The molecule has 5 aromatic rings. The quantitative estimate of drug-likeness (QED) is 0.213. The number of halogens is 3. The van der Waals surface area contributed by atoms with Gasteiger partial charge >= 0.3 is 6.18 Å². The second-order valence-electron chi connectivity index (χ2n) is 9.82. The number of H-pyrrole nitrogens is 1. The van der Waals surface area contributed by atoms with Gasteiger partial charge < -0.3 is 15.6 Å². The third-order valence-corrected chi connectivity index (χ3v) is 7.68. The molecule has 3 N–H and O–H groups in total. The molecular formula is C29H23F3N4O2S. The van der Waals surface area contributed by atoms with Crippen LogP contribution in [0.3, 0.4) is 0 Å². The van der Waals surface area contributed by atoms with Gasteiger partial charge in [0.15, 0.2) is 5.13 Å². The van der Waals surface area contributed by atoms with Gasteiger partial charge in [0.05, 0.1) is 21.3 Å². The van der Waals surface area contributed by atoms with Gasteiger partial charge in [-0.25, -0.2) is 4.98 Å². The molecule has 1 fully saturated rings. The number of aromatic nitrogens is 2. The number of hydrogen-bond donors (Lipinski definition) is 3. The standard InChI is InChI=1S/C29H23F3N4O2S/c1-15-8-16(10-20(9-15)29(30,31)32)13-34-27(38)22-14-33-23-6-4-18(11-21(22)23)19-5-7-24-25(12-19)39-28(35-24)36-26(37)17-2-3-17/h4-12,14,17,33H,2-3,13H2,1H3,(H,34,38)(H,35,36,37). The first-order chi connectivity index (χ1) is 18.6. The van der Waals surface area contributed by atoms with Crippen molar-refractivity contribution in [2.75, 3.05) is 5.32 Å². The summed E-state index contributed by atoms with van der Waals surface area (Å²) in [5, 5.41) is 6.92. The Morgan fingerprint density at radius 1 is 1.05 bits per heavy atom. The molecular weight excluding hydrogens is 525 g/mol. The van der Waals surface area contributed by atoms with Gasteiger partial charge in [0.1, 0.15) is 0 Å². The molecule has 2 amide bonds. The maximum atomic E-state index is 13.2. The van der Waals surface area contributed by atoms with Gasteiger partial charge in [0, 0.05) is 29.6 Å². The van der Waals surface area contributed by atoms with Crippen molar-refractivity contribution in [3.05, 3.63) is 83.0 Å². The highest BCUT2D eigenvalue weighted by molar-refractivity contribution is 7.22. The van der Waals surface area contributed by atoms with Crippen LogP contribution in [0.25, 0.3) is 32.2 Å².